The van der Waals surface area contributed by atoms with Crippen LogP contribution in [-0.4, -0.2) is 14.7 Å². The van der Waals surface area contributed by atoms with E-state index in [0.29, 0.717) is 5.69 Å². The molecule has 100 valence electrons. The molecular formula is C11H10F2N4O2. The van der Waals surface area contributed by atoms with Crippen molar-refractivity contribution in [1.29, 1.82) is 0 Å². The molecule has 19 heavy (non-hydrogen) atoms. The van der Waals surface area contributed by atoms with E-state index in [2.05, 4.69) is 10.4 Å². The van der Waals surface area contributed by atoms with E-state index >= 15 is 0 Å². The van der Waals surface area contributed by atoms with Crippen molar-refractivity contribution in [2.45, 2.75) is 6.43 Å². The molecule has 0 saturated carbocycles. The third-order valence-corrected chi connectivity index (χ3v) is 2.46. The lowest BCUT2D eigenvalue weighted by Crippen LogP contribution is -1.98. The van der Waals surface area contributed by atoms with Gasteiger partial charge in [0.2, 0.25) is 0 Å². The van der Waals surface area contributed by atoms with Gasteiger partial charge in [-0.15, -0.1) is 0 Å². The van der Waals surface area contributed by atoms with Gasteiger partial charge in [0, 0.05) is 36.6 Å². The lowest BCUT2D eigenvalue weighted by atomic mass is 10.1. The van der Waals surface area contributed by atoms with E-state index in [1.165, 1.54) is 23.0 Å². The Kier molecular flexibility index (Phi) is 3.41. The molecule has 1 aromatic carbocycles. The van der Waals surface area contributed by atoms with Crippen molar-refractivity contribution in [1.82, 2.24) is 9.78 Å². The summed E-state index contributed by atoms with van der Waals surface area (Å²) >= 11 is 0. The van der Waals surface area contributed by atoms with Crippen molar-refractivity contribution < 1.29 is 13.7 Å². The first kappa shape index (κ1) is 12.9. The fourth-order valence-corrected chi connectivity index (χ4v) is 1.60. The number of benzene rings is 1. The highest BCUT2D eigenvalue weighted by molar-refractivity contribution is 5.64. The smallest absolute Gasteiger partial charge is 0.270 e. The van der Waals surface area contributed by atoms with Crippen LogP contribution < -0.4 is 5.32 Å². The minimum Gasteiger partial charge on any atom is -0.353 e. The van der Waals surface area contributed by atoms with E-state index in [0.717, 1.165) is 6.07 Å². The van der Waals surface area contributed by atoms with Crippen molar-refractivity contribution in [3.05, 3.63) is 46.3 Å². The number of anilines is 2. The fourth-order valence-electron chi connectivity index (χ4n) is 1.60. The average molecular weight is 268 g/mol. The Balaban J connectivity index is 2.36. The lowest BCUT2D eigenvalue weighted by molar-refractivity contribution is -0.385. The summed E-state index contributed by atoms with van der Waals surface area (Å²) in [4.78, 5) is 9.87. The van der Waals surface area contributed by atoms with E-state index in [-0.39, 0.29) is 11.4 Å². The highest BCUT2D eigenvalue weighted by Gasteiger charge is 2.18. The minimum absolute atomic E-state index is 0.119. The summed E-state index contributed by atoms with van der Waals surface area (Å²) in [6.45, 7) is 0. The molecule has 1 aromatic heterocycles. The molecule has 6 nitrogen and oxygen atoms in total. The number of halogens is 2. The van der Waals surface area contributed by atoms with Gasteiger partial charge in [-0.05, 0) is 6.07 Å². The van der Waals surface area contributed by atoms with Crippen LogP contribution >= 0.6 is 0 Å². The number of aromatic nitrogens is 2. The van der Waals surface area contributed by atoms with Gasteiger partial charge in [-0.2, -0.15) is 5.10 Å². The molecule has 0 radical (unpaired) electrons. The summed E-state index contributed by atoms with van der Waals surface area (Å²) in [5, 5.41) is 17.2. The van der Waals surface area contributed by atoms with Gasteiger partial charge in [-0.1, -0.05) is 0 Å². The number of rotatable bonds is 4. The number of nitrogens with zero attached hydrogens (tertiary/aromatic N) is 3. The molecule has 8 heteroatoms. The maximum atomic E-state index is 12.9. The molecule has 0 saturated heterocycles. The molecule has 0 bridgehead atoms. The van der Waals surface area contributed by atoms with Crippen molar-refractivity contribution in [3.8, 4) is 0 Å². The summed E-state index contributed by atoms with van der Waals surface area (Å²) in [5.41, 5.74) is -0.142. The Labute approximate surface area is 106 Å². The third-order valence-electron chi connectivity index (χ3n) is 2.46. The van der Waals surface area contributed by atoms with Crippen LogP contribution in [-0.2, 0) is 7.05 Å². The standard InChI is InChI=1S/C11H10F2N4O2/c1-16-6-7(5-14-16)15-10-3-2-8(17(18)19)4-9(10)11(12)13/h2-6,11,15H,1H3. The molecule has 0 atom stereocenters. The van der Waals surface area contributed by atoms with Crippen LogP contribution in [0.4, 0.5) is 25.8 Å². The Bertz CT molecular complexity index is 612. The maximum absolute atomic E-state index is 12.9. The Morgan fingerprint density at radius 3 is 2.74 bits per heavy atom. The number of nitro groups is 1. The number of nitro benzene ring substituents is 1. The molecule has 0 spiro atoms. The summed E-state index contributed by atoms with van der Waals surface area (Å²) in [6.07, 6.45) is 0.270. The first-order valence-corrected chi connectivity index (χ1v) is 5.29. The van der Waals surface area contributed by atoms with Crippen LogP contribution in [0.25, 0.3) is 0 Å². The second-order valence-electron chi connectivity index (χ2n) is 3.86. The molecule has 0 aliphatic rings. The van der Waals surface area contributed by atoms with E-state index < -0.39 is 16.9 Å². The molecular weight excluding hydrogens is 258 g/mol. The fraction of sp³-hybridized carbons (Fsp3) is 0.182. The normalized spacial score (nSPS) is 10.7. The van der Waals surface area contributed by atoms with Crippen molar-refractivity contribution >= 4 is 17.1 Å². The van der Waals surface area contributed by atoms with Gasteiger partial charge in [0.15, 0.2) is 0 Å². The molecule has 0 aliphatic heterocycles. The maximum Gasteiger partial charge on any atom is 0.270 e. The number of alkyl halides is 2. The monoisotopic (exact) mass is 268 g/mol. The summed E-state index contributed by atoms with van der Waals surface area (Å²) in [6, 6.07) is 3.29. The zero-order valence-corrected chi connectivity index (χ0v) is 9.88. The van der Waals surface area contributed by atoms with Crippen LogP contribution in [0, 0.1) is 10.1 Å². The van der Waals surface area contributed by atoms with E-state index in [9.17, 15) is 18.9 Å². The van der Waals surface area contributed by atoms with Crippen LogP contribution in [0.1, 0.15) is 12.0 Å². The zero-order chi connectivity index (χ0) is 14.0. The van der Waals surface area contributed by atoms with Crippen LogP contribution in [0.5, 0.6) is 0 Å². The highest BCUT2D eigenvalue weighted by Crippen LogP contribution is 2.32. The molecule has 0 aliphatic carbocycles. The SMILES string of the molecule is Cn1cc(Nc2ccc([N+](=O)[O-])cc2C(F)F)cn1. The topological polar surface area (TPSA) is 73.0 Å². The number of nitrogens with one attached hydrogen (secondary N) is 1. The van der Waals surface area contributed by atoms with Crippen LogP contribution in [0.2, 0.25) is 0 Å². The second kappa shape index (κ2) is 5.01. The van der Waals surface area contributed by atoms with Gasteiger partial charge in [0.05, 0.1) is 16.8 Å². The Morgan fingerprint density at radius 2 is 2.21 bits per heavy atom. The van der Waals surface area contributed by atoms with Gasteiger partial charge in [0.1, 0.15) is 0 Å². The quantitative estimate of drug-likeness (QED) is 0.683. The van der Waals surface area contributed by atoms with Gasteiger partial charge < -0.3 is 5.32 Å². The van der Waals surface area contributed by atoms with E-state index in [4.69, 9.17) is 0 Å². The zero-order valence-electron chi connectivity index (χ0n) is 9.88. The van der Waals surface area contributed by atoms with Gasteiger partial charge in [-0.3, -0.25) is 14.8 Å². The van der Waals surface area contributed by atoms with Crippen molar-refractivity contribution in [2.24, 2.45) is 7.05 Å². The van der Waals surface area contributed by atoms with Gasteiger partial charge >= 0.3 is 0 Å². The molecule has 2 aromatic rings. The Morgan fingerprint density at radius 1 is 1.47 bits per heavy atom. The van der Waals surface area contributed by atoms with Crippen molar-refractivity contribution in [2.75, 3.05) is 5.32 Å². The number of aryl methyl sites for hydroxylation is 1. The third kappa shape index (κ3) is 2.84. The number of hydrogen-bond acceptors (Lipinski definition) is 4. The van der Waals surface area contributed by atoms with Crippen LogP contribution in [0.15, 0.2) is 30.6 Å². The molecule has 0 unspecified atom stereocenters. The summed E-state index contributed by atoms with van der Waals surface area (Å²) in [7, 11) is 1.69. The van der Waals surface area contributed by atoms with Crippen LogP contribution in [0.3, 0.4) is 0 Å². The number of non-ortho nitro benzene ring substituents is 1. The molecule has 1 heterocycles. The van der Waals surface area contributed by atoms with E-state index in [1.807, 2.05) is 0 Å². The number of hydrogen-bond donors (Lipinski definition) is 1. The predicted octanol–water partition coefficient (Wildman–Crippen LogP) is 3.01. The second-order valence-corrected chi connectivity index (χ2v) is 3.86. The molecule has 1 N–H and O–H groups in total. The lowest BCUT2D eigenvalue weighted by Gasteiger charge is -2.09. The summed E-state index contributed by atoms with van der Waals surface area (Å²) < 4.78 is 27.3. The Hall–Kier alpha value is -2.51. The molecule has 0 amide bonds. The first-order valence-electron chi connectivity index (χ1n) is 5.29. The predicted molar refractivity (Wildman–Crippen MR) is 64.5 cm³/mol. The summed E-state index contributed by atoms with van der Waals surface area (Å²) in [5.74, 6) is 0. The largest absolute Gasteiger partial charge is 0.353 e. The first-order chi connectivity index (χ1) is 8.97. The van der Waals surface area contributed by atoms with E-state index in [1.54, 1.807) is 13.2 Å². The minimum atomic E-state index is -2.81. The average Bonchev–Trinajstić information content (AvgIpc) is 2.74. The highest BCUT2D eigenvalue weighted by atomic mass is 19.3. The van der Waals surface area contributed by atoms with Gasteiger partial charge in [-0.25, -0.2) is 8.78 Å². The molecule has 2 rings (SSSR count). The molecule has 0 fully saturated rings. The van der Waals surface area contributed by atoms with Gasteiger partial charge in [0.25, 0.3) is 12.1 Å². The van der Waals surface area contributed by atoms with Crippen molar-refractivity contribution in [3.63, 3.8) is 0 Å².